The van der Waals surface area contributed by atoms with E-state index < -0.39 is 17.5 Å². The lowest BCUT2D eigenvalue weighted by Gasteiger charge is -2.28. The molecule has 0 radical (unpaired) electrons. The number of rotatable bonds is 3. The number of halogens is 4. The number of ether oxygens (including phenoxy) is 1. The van der Waals surface area contributed by atoms with Crippen LogP contribution in [0.4, 0.5) is 13.2 Å². The third kappa shape index (κ3) is 3.06. The number of hydrogen-bond acceptors (Lipinski definition) is 2. The highest BCUT2D eigenvalue weighted by atomic mass is 79.9. The van der Waals surface area contributed by atoms with Crippen molar-refractivity contribution in [1.29, 1.82) is 0 Å². The highest BCUT2D eigenvalue weighted by Crippen LogP contribution is 2.40. The van der Waals surface area contributed by atoms with Crippen molar-refractivity contribution in [3.8, 4) is 0 Å². The molecule has 2 aromatic carbocycles. The molecular formula is C20H18BrF3N2O. The zero-order valence-electron chi connectivity index (χ0n) is 14.9. The first-order chi connectivity index (χ1) is 12.8. The first-order valence-electron chi connectivity index (χ1n) is 8.65. The molecule has 0 N–H and O–H groups in total. The van der Waals surface area contributed by atoms with Crippen LogP contribution >= 0.6 is 15.9 Å². The van der Waals surface area contributed by atoms with Gasteiger partial charge in [-0.15, -0.1) is 0 Å². The van der Waals surface area contributed by atoms with Gasteiger partial charge in [0, 0.05) is 17.4 Å². The molecule has 7 heteroatoms. The fourth-order valence-corrected chi connectivity index (χ4v) is 4.05. The fourth-order valence-electron chi connectivity index (χ4n) is 3.67. The average Bonchev–Trinajstić information content (AvgIpc) is 3.15. The summed E-state index contributed by atoms with van der Waals surface area (Å²) in [5.74, 6) is -2.61. The summed E-state index contributed by atoms with van der Waals surface area (Å²) >= 11 is 2.84. The minimum atomic E-state index is -1.19. The number of benzene rings is 2. The largest absolute Gasteiger partial charge is 0.379 e. The lowest BCUT2D eigenvalue weighted by Crippen LogP contribution is -2.27. The van der Waals surface area contributed by atoms with E-state index in [1.165, 1.54) is 0 Å². The summed E-state index contributed by atoms with van der Waals surface area (Å²) in [6, 6.07) is 8.45. The Kier molecular flexibility index (Phi) is 4.55. The van der Waals surface area contributed by atoms with Crippen molar-refractivity contribution in [2.24, 2.45) is 5.41 Å². The lowest BCUT2D eigenvalue weighted by atomic mass is 9.87. The molecule has 3 nitrogen and oxygen atoms in total. The van der Waals surface area contributed by atoms with Gasteiger partial charge < -0.3 is 9.30 Å². The third-order valence-corrected chi connectivity index (χ3v) is 5.75. The van der Waals surface area contributed by atoms with Crippen LogP contribution in [0.5, 0.6) is 0 Å². The molecule has 1 aromatic heterocycles. The number of imidazole rings is 1. The molecule has 27 heavy (non-hydrogen) atoms. The second kappa shape index (κ2) is 6.63. The summed E-state index contributed by atoms with van der Waals surface area (Å²) < 4.78 is 50.2. The van der Waals surface area contributed by atoms with Crippen LogP contribution < -0.4 is 0 Å². The number of nitrogens with zero attached hydrogens (tertiary/aromatic N) is 2. The molecule has 1 atom stereocenters. The molecule has 0 spiro atoms. The highest BCUT2D eigenvalue weighted by molar-refractivity contribution is 9.10. The van der Waals surface area contributed by atoms with Gasteiger partial charge in [-0.2, -0.15) is 0 Å². The van der Waals surface area contributed by atoms with Gasteiger partial charge in [-0.1, -0.05) is 26.0 Å². The predicted molar refractivity (Wildman–Crippen MR) is 100 cm³/mol. The molecule has 0 bridgehead atoms. The van der Waals surface area contributed by atoms with Crippen molar-refractivity contribution in [1.82, 2.24) is 9.55 Å². The minimum absolute atomic E-state index is 0.0358. The van der Waals surface area contributed by atoms with Crippen molar-refractivity contribution in [3.63, 3.8) is 0 Å². The second-order valence-corrected chi connectivity index (χ2v) is 8.38. The first kappa shape index (κ1) is 18.5. The van der Waals surface area contributed by atoms with Gasteiger partial charge in [0.1, 0.15) is 11.6 Å². The van der Waals surface area contributed by atoms with Gasteiger partial charge in [0.25, 0.3) is 0 Å². The molecule has 0 aliphatic carbocycles. The molecule has 1 aliphatic rings. The molecule has 4 rings (SSSR count). The Bertz CT molecular complexity index is 1030. The summed E-state index contributed by atoms with van der Waals surface area (Å²) in [5, 5.41) is 0. The monoisotopic (exact) mass is 438 g/mol. The van der Waals surface area contributed by atoms with Gasteiger partial charge in [-0.3, -0.25) is 0 Å². The molecule has 142 valence electrons. The maximum absolute atomic E-state index is 14.4. The van der Waals surface area contributed by atoms with E-state index in [-0.39, 0.29) is 27.9 Å². The maximum atomic E-state index is 14.4. The lowest BCUT2D eigenvalue weighted by molar-refractivity contribution is 0.166. The van der Waals surface area contributed by atoms with E-state index >= 15 is 0 Å². The Morgan fingerprint density at radius 2 is 1.96 bits per heavy atom. The number of fused-ring (bicyclic) bond motifs is 1. The zero-order valence-corrected chi connectivity index (χ0v) is 16.5. The third-order valence-electron chi connectivity index (χ3n) is 5.18. The summed E-state index contributed by atoms with van der Waals surface area (Å²) in [7, 11) is 0. The molecule has 0 saturated carbocycles. The average molecular weight is 439 g/mol. The van der Waals surface area contributed by atoms with Crippen molar-refractivity contribution >= 4 is 27.0 Å². The molecule has 1 unspecified atom stereocenters. The molecule has 1 aliphatic heterocycles. The normalized spacial score (nSPS) is 19.1. The van der Waals surface area contributed by atoms with Crippen LogP contribution in [-0.4, -0.2) is 22.8 Å². The summed E-state index contributed by atoms with van der Waals surface area (Å²) in [6.45, 7) is 5.24. The topological polar surface area (TPSA) is 27.1 Å². The molecule has 0 amide bonds. The summed E-state index contributed by atoms with van der Waals surface area (Å²) in [6.07, 6.45) is -0.150. The van der Waals surface area contributed by atoms with E-state index in [9.17, 15) is 13.2 Å². The quantitative estimate of drug-likeness (QED) is 0.404. The van der Waals surface area contributed by atoms with Crippen LogP contribution in [-0.2, 0) is 11.2 Å². The van der Waals surface area contributed by atoms with E-state index in [4.69, 9.17) is 4.74 Å². The Morgan fingerprint density at radius 1 is 1.22 bits per heavy atom. The van der Waals surface area contributed by atoms with Gasteiger partial charge in [-0.05, 0) is 34.1 Å². The van der Waals surface area contributed by atoms with Crippen molar-refractivity contribution in [2.45, 2.75) is 26.3 Å². The van der Waals surface area contributed by atoms with Gasteiger partial charge in [-0.25, -0.2) is 18.2 Å². The van der Waals surface area contributed by atoms with Crippen LogP contribution in [0, 0.1) is 22.9 Å². The molecule has 1 fully saturated rings. The van der Waals surface area contributed by atoms with Gasteiger partial charge in [0.15, 0.2) is 11.6 Å². The van der Waals surface area contributed by atoms with Crippen molar-refractivity contribution in [3.05, 3.63) is 63.6 Å². The standard InChI is InChI=1S/C20H18BrF3N2O/c1-20(2)10-27-9-16(20)26-15-6-4-3-5-14(15)25-17(26)7-11-13(22)8-12(21)19(24)18(11)23/h3-6,8,16H,7,9-10H2,1-2H3. The van der Waals surface area contributed by atoms with E-state index in [0.29, 0.717) is 19.0 Å². The van der Waals surface area contributed by atoms with Gasteiger partial charge >= 0.3 is 0 Å². The summed E-state index contributed by atoms with van der Waals surface area (Å²) in [4.78, 5) is 4.59. The van der Waals surface area contributed by atoms with Crippen LogP contribution in [0.15, 0.2) is 34.8 Å². The van der Waals surface area contributed by atoms with E-state index in [1.54, 1.807) is 0 Å². The highest BCUT2D eigenvalue weighted by Gasteiger charge is 2.39. The van der Waals surface area contributed by atoms with E-state index in [2.05, 4.69) is 34.8 Å². The van der Waals surface area contributed by atoms with Gasteiger partial charge in [0.05, 0.1) is 34.8 Å². The Morgan fingerprint density at radius 3 is 2.67 bits per heavy atom. The SMILES string of the molecule is CC1(C)COCC1n1c(Cc2c(F)cc(Br)c(F)c2F)nc2ccccc21. The van der Waals surface area contributed by atoms with Crippen LogP contribution in [0.3, 0.4) is 0 Å². The van der Waals surface area contributed by atoms with Crippen molar-refractivity contribution < 1.29 is 17.9 Å². The smallest absolute Gasteiger partial charge is 0.173 e. The number of hydrogen-bond donors (Lipinski definition) is 0. The van der Waals surface area contributed by atoms with Crippen molar-refractivity contribution in [2.75, 3.05) is 13.2 Å². The van der Waals surface area contributed by atoms with E-state index in [0.717, 1.165) is 17.1 Å². The van der Waals surface area contributed by atoms with E-state index in [1.807, 2.05) is 28.8 Å². The molecular weight excluding hydrogens is 421 g/mol. The van der Waals surface area contributed by atoms with Gasteiger partial charge in [0.2, 0.25) is 0 Å². The van der Waals surface area contributed by atoms with Crippen LogP contribution in [0.1, 0.15) is 31.3 Å². The Balaban J connectivity index is 1.89. The molecule has 1 saturated heterocycles. The first-order valence-corrected chi connectivity index (χ1v) is 9.44. The molecule has 2 heterocycles. The maximum Gasteiger partial charge on any atom is 0.173 e. The van der Waals surface area contributed by atoms with Crippen LogP contribution in [0.2, 0.25) is 0 Å². The van der Waals surface area contributed by atoms with Crippen LogP contribution in [0.25, 0.3) is 11.0 Å². The number of para-hydroxylation sites is 2. The second-order valence-electron chi connectivity index (χ2n) is 7.53. The zero-order chi connectivity index (χ0) is 19.3. The Labute approximate surface area is 163 Å². The fraction of sp³-hybridized carbons (Fsp3) is 0.350. The number of aromatic nitrogens is 2. The minimum Gasteiger partial charge on any atom is -0.379 e. The predicted octanol–water partition coefficient (Wildman–Crippen LogP) is 5.40. The Hall–Kier alpha value is -1.86. The summed E-state index contributed by atoms with van der Waals surface area (Å²) in [5.41, 5.74) is 1.10. The molecule has 3 aromatic rings.